The molecule has 0 spiro atoms. The zero-order valence-corrected chi connectivity index (χ0v) is 13.9. The van der Waals surface area contributed by atoms with Gasteiger partial charge in [0.2, 0.25) is 10.0 Å². The van der Waals surface area contributed by atoms with Crippen molar-refractivity contribution in [2.75, 3.05) is 7.11 Å². The van der Waals surface area contributed by atoms with Gasteiger partial charge in [-0.2, -0.15) is 0 Å². The number of sulfonamides is 1. The van der Waals surface area contributed by atoms with Gasteiger partial charge in [-0.05, 0) is 30.2 Å². The number of hydrogen-bond donors (Lipinski definition) is 1. The summed E-state index contributed by atoms with van der Waals surface area (Å²) in [5, 5.41) is 0. The number of benzene rings is 2. The number of rotatable bonds is 4. The average molecular weight is 329 g/mol. The zero-order chi connectivity index (χ0) is 16.4. The smallest absolute Gasteiger partial charge is 0.241 e. The molecule has 3 rings (SSSR count). The molecule has 1 aliphatic rings. The van der Waals surface area contributed by atoms with Crippen LogP contribution in [0.25, 0.3) is 6.08 Å². The van der Waals surface area contributed by atoms with Gasteiger partial charge in [0.25, 0.3) is 0 Å². The van der Waals surface area contributed by atoms with Crippen molar-refractivity contribution in [3.8, 4) is 0 Å². The summed E-state index contributed by atoms with van der Waals surface area (Å²) in [6, 6.07) is 14.1. The van der Waals surface area contributed by atoms with Crippen molar-refractivity contribution < 1.29 is 13.2 Å². The van der Waals surface area contributed by atoms with E-state index in [1.165, 1.54) is 0 Å². The van der Waals surface area contributed by atoms with Gasteiger partial charge in [-0.15, -0.1) is 0 Å². The lowest BCUT2D eigenvalue weighted by molar-refractivity contribution is 0.112. The van der Waals surface area contributed by atoms with E-state index in [4.69, 9.17) is 4.74 Å². The number of hydrogen-bond acceptors (Lipinski definition) is 3. The fourth-order valence-electron chi connectivity index (χ4n) is 2.73. The molecule has 0 fully saturated rings. The minimum Gasteiger partial charge on any atom is -0.375 e. The van der Waals surface area contributed by atoms with Crippen LogP contribution >= 0.6 is 0 Å². The highest BCUT2D eigenvalue weighted by Gasteiger charge is 2.30. The monoisotopic (exact) mass is 329 g/mol. The third-order valence-electron chi connectivity index (χ3n) is 4.01. The largest absolute Gasteiger partial charge is 0.375 e. The second-order valence-electron chi connectivity index (χ2n) is 5.60. The summed E-state index contributed by atoms with van der Waals surface area (Å²) >= 11 is 0. The molecule has 2 aromatic rings. The summed E-state index contributed by atoms with van der Waals surface area (Å²) in [5.41, 5.74) is 2.93. The molecule has 0 amide bonds. The van der Waals surface area contributed by atoms with Crippen molar-refractivity contribution >= 4 is 16.1 Å². The Kier molecular flexibility index (Phi) is 4.35. The molecule has 1 aliphatic carbocycles. The summed E-state index contributed by atoms with van der Waals surface area (Å²) in [4.78, 5) is 0.255. The summed E-state index contributed by atoms with van der Waals surface area (Å²) in [6.07, 6.45) is 3.50. The molecule has 5 heteroatoms. The molecule has 0 saturated heterocycles. The van der Waals surface area contributed by atoms with Crippen LogP contribution in [0.4, 0.5) is 0 Å². The van der Waals surface area contributed by atoms with Gasteiger partial charge in [-0.3, -0.25) is 0 Å². The van der Waals surface area contributed by atoms with Gasteiger partial charge in [0.1, 0.15) is 0 Å². The number of fused-ring (bicyclic) bond motifs is 1. The lowest BCUT2D eigenvalue weighted by Gasteiger charge is -2.29. The first kappa shape index (κ1) is 15.9. The molecule has 0 radical (unpaired) electrons. The fraction of sp³-hybridized carbons (Fsp3) is 0.222. The van der Waals surface area contributed by atoms with E-state index < -0.39 is 16.1 Å². The molecule has 4 nitrogen and oxygen atoms in total. The van der Waals surface area contributed by atoms with Gasteiger partial charge in [0.15, 0.2) is 0 Å². The SMILES string of the molecule is COC1C=Cc2ccccc2C1NS(=O)(=O)c1ccc(C)cc1. The van der Waals surface area contributed by atoms with E-state index in [0.29, 0.717) is 0 Å². The third kappa shape index (κ3) is 3.22. The van der Waals surface area contributed by atoms with E-state index in [2.05, 4.69) is 4.72 Å². The van der Waals surface area contributed by atoms with Crippen molar-refractivity contribution in [3.63, 3.8) is 0 Å². The summed E-state index contributed by atoms with van der Waals surface area (Å²) in [6.45, 7) is 1.92. The molecular weight excluding hydrogens is 310 g/mol. The summed E-state index contributed by atoms with van der Waals surface area (Å²) in [7, 11) is -2.05. The Morgan fingerprint density at radius 2 is 1.74 bits per heavy atom. The molecule has 120 valence electrons. The van der Waals surface area contributed by atoms with Crippen LogP contribution in [-0.4, -0.2) is 21.6 Å². The predicted molar refractivity (Wildman–Crippen MR) is 90.5 cm³/mol. The Labute approximate surface area is 136 Å². The normalized spacial score (nSPS) is 20.3. The number of nitrogens with one attached hydrogen (secondary N) is 1. The Bertz CT molecular complexity index is 826. The number of methoxy groups -OCH3 is 1. The quantitative estimate of drug-likeness (QED) is 0.938. The van der Waals surface area contributed by atoms with E-state index in [-0.39, 0.29) is 11.0 Å². The summed E-state index contributed by atoms with van der Waals surface area (Å²) in [5.74, 6) is 0. The van der Waals surface area contributed by atoms with Crippen LogP contribution in [0, 0.1) is 6.92 Å². The second-order valence-corrected chi connectivity index (χ2v) is 7.31. The number of ether oxygens (including phenoxy) is 1. The van der Waals surface area contributed by atoms with Crippen molar-refractivity contribution in [3.05, 3.63) is 71.3 Å². The molecule has 0 bridgehead atoms. The van der Waals surface area contributed by atoms with E-state index in [9.17, 15) is 8.42 Å². The lowest BCUT2D eigenvalue weighted by Crippen LogP contribution is -2.38. The molecule has 0 heterocycles. The molecule has 2 unspecified atom stereocenters. The molecule has 23 heavy (non-hydrogen) atoms. The highest BCUT2D eigenvalue weighted by molar-refractivity contribution is 7.89. The van der Waals surface area contributed by atoms with Crippen molar-refractivity contribution in [1.29, 1.82) is 0 Å². The summed E-state index contributed by atoms with van der Waals surface area (Å²) < 4.78 is 33.6. The molecule has 2 aromatic carbocycles. The standard InChI is InChI=1S/C18H19NO3S/c1-13-7-10-15(11-8-13)23(20,21)19-18-16-6-4-3-5-14(16)9-12-17(18)22-2/h3-12,17-19H,1-2H3. The maximum atomic E-state index is 12.7. The molecular formula is C18H19NO3S. The van der Waals surface area contributed by atoms with Gasteiger partial charge in [0.05, 0.1) is 17.0 Å². The fourth-order valence-corrected chi connectivity index (χ4v) is 3.96. The first-order chi connectivity index (χ1) is 11.0. The van der Waals surface area contributed by atoms with Crippen molar-refractivity contribution in [2.24, 2.45) is 0 Å². The van der Waals surface area contributed by atoms with Crippen LogP contribution in [0.1, 0.15) is 22.7 Å². The lowest BCUT2D eigenvalue weighted by atomic mass is 9.91. The first-order valence-electron chi connectivity index (χ1n) is 7.40. The highest BCUT2D eigenvalue weighted by Crippen LogP contribution is 2.30. The zero-order valence-electron chi connectivity index (χ0n) is 13.1. The predicted octanol–water partition coefficient (Wildman–Crippen LogP) is 3.06. The van der Waals surface area contributed by atoms with Crippen LogP contribution in [0.3, 0.4) is 0 Å². The molecule has 0 saturated carbocycles. The number of aryl methyl sites for hydroxylation is 1. The Balaban J connectivity index is 1.96. The Hall–Kier alpha value is -1.95. The van der Waals surface area contributed by atoms with Crippen molar-refractivity contribution in [2.45, 2.75) is 24.0 Å². The molecule has 0 aromatic heterocycles. The minimum atomic E-state index is -3.63. The third-order valence-corrected chi connectivity index (χ3v) is 5.47. The van der Waals surface area contributed by atoms with Crippen LogP contribution in [0.2, 0.25) is 0 Å². The topological polar surface area (TPSA) is 55.4 Å². The van der Waals surface area contributed by atoms with E-state index >= 15 is 0 Å². The maximum absolute atomic E-state index is 12.7. The van der Waals surface area contributed by atoms with Gasteiger partial charge in [-0.25, -0.2) is 13.1 Å². The Morgan fingerprint density at radius 3 is 2.43 bits per heavy atom. The van der Waals surface area contributed by atoms with Gasteiger partial charge < -0.3 is 4.74 Å². The molecule has 2 atom stereocenters. The Morgan fingerprint density at radius 1 is 1.04 bits per heavy atom. The molecule has 1 N–H and O–H groups in total. The highest BCUT2D eigenvalue weighted by atomic mass is 32.2. The minimum absolute atomic E-state index is 0.255. The van der Waals surface area contributed by atoms with Crippen LogP contribution in [0.5, 0.6) is 0 Å². The molecule has 0 aliphatic heterocycles. The van der Waals surface area contributed by atoms with E-state index in [0.717, 1.165) is 16.7 Å². The van der Waals surface area contributed by atoms with E-state index in [1.807, 2.05) is 43.3 Å². The van der Waals surface area contributed by atoms with Crippen molar-refractivity contribution in [1.82, 2.24) is 4.72 Å². The van der Waals surface area contributed by atoms with Crippen LogP contribution < -0.4 is 4.72 Å². The van der Waals surface area contributed by atoms with E-state index in [1.54, 1.807) is 31.4 Å². The van der Waals surface area contributed by atoms with Gasteiger partial charge in [-0.1, -0.05) is 54.1 Å². The first-order valence-corrected chi connectivity index (χ1v) is 8.88. The van der Waals surface area contributed by atoms with Gasteiger partial charge >= 0.3 is 0 Å². The second kappa shape index (κ2) is 6.28. The van der Waals surface area contributed by atoms with Crippen LogP contribution in [-0.2, 0) is 14.8 Å². The van der Waals surface area contributed by atoms with Gasteiger partial charge in [0, 0.05) is 7.11 Å². The van der Waals surface area contributed by atoms with Crippen LogP contribution in [0.15, 0.2) is 59.5 Å². The maximum Gasteiger partial charge on any atom is 0.241 e. The average Bonchev–Trinajstić information content (AvgIpc) is 2.55.